The summed E-state index contributed by atoms with van der Waals surface area (Å²) in [5.74, 6) is 0.798. The van der Waals surface area contributed by atoms with E-state index in [0.29, 0.717) is 30.3 Å². The molecule has 148 valence electrons. The molecular weight excluding hydrogens is 366 g/mol. The first kappa shape index (κ1) is 20.0. The van der Waals surface area contributed by atoms with Crippen molar-refractivity contribution in [1.29, 1.82) is 0 Å². The number of ether oxygens (including phenoxy) is 1. The predicted molar refractivity (Wildman–Crippen MR) is 107 cm³/mol. The molecule has 2 bridgehead atoms. The molecule has 1 aromatic carbocycles. The number of benzene rings is 1. The van der Waals surface area contributed by atoms with Crippen LogP contribution in [0.15, 0.2) is 24.3 Å². The van der Waals surface area contributed by atoms with E-state index in [1.807, 2.05) is 36.2 Å². The molecule has 1 aromatic rings. The van der Waals surface area contributed by atoms with Crippen molar-refractivity contribution in [2.45, 2.75) is 56.7 Å². The van der Waals surface area contributed by atoms with Crippen molar-refractivity contribution in [2.75, 3.05) is 25.1 Å². The van der Waals surface area contributed by atoms with E-state index in [9.17, 15) is 9.59 Å². The summed E-state index contributed by atoms with van der Waals surface area (Å²) >= 11 is 0. The summed E-state index contributed by atoms with van der Waals surface area (Å²) in [5.41, 5.74) is 0.848. The van der Waals surface area contributed by atoms with Crippen LogP contribution < -0.4 is 15.0 Å². The summed E-state index contributed by atoms with van der Waals surface area (Å²) in [5, 5.41) is 3.61. The summed E-state index contributed by atoms with van der Waals surface area (Å²) in [4.78, 5) is 28.1. The summed E-state index contributed by atoms with van der Waals surface area (Å²) < 4.78 is 5.74. The minimum atomic E-state index is 0. The van der Waals surface area contributed by atoms with E-state index in [4.69, 9.17) is 4.74 Å². The number of hydrogen-bond donors (Lipinski definition) is 1. The van der Waals surface area contributed by atoms with Gasteiger partial charge in [0.1, 0.15) is 5.75 Å². The monoisotopic (exact) mass is 393 g/mol. The fourth-order valence-corrected chi connectivity index (χ4v) is 4.46. The highest BCUT2D eigenvalue weighted by molar-refractivity contribution is 5.95. The van der Waals surface area contributed by atoms with Gasteiger partial charge in [-0.1, -0.05) is 6.07 Å². The van der Waals surface area contributed by atoms with Gasteiger partial charge in [-0.3, -0.25) is 9.59 Å². The molecule has 2 atom stereocenters. The summed E-state index contributed by atoms with van der Waals surface area (Å²) in [6.45, 7) is 0.787. The number of rotatable bonds is 5. The molecule has 3 saturated heterocycles. The number of amides is 2. The van der Waals surface area contributed by atoms with Crippen LogP contribution in [0.4, 0.5) is 5.69 Å². The lowest BCUT2D eigenvalue weighted by molar-refractivity contribution is -0.134. The second kappa shape index (κ2) is 8.48. The van der Waals surface area contributed by atoms with Crippen molar-refractivity contribution < 1.29 is 14.3 Å². The molecule has 27 heavy (non-hydrogen) atoms. The zero-order valence-electron chi connectivity index (χ0n) is 15.7. The summed E-state index contributed by atoms with van der Waals surface area (Å²) in [6, 6.07) is 8.89. The van der Waals surface area contributed by atoms with Crippen LogP contribution >= 0.6 is 12.4 Å². The lowest BCUT2D eigenvalue weighted by Crippen LogP contribution is -2.49. The third-order valence-corrected chi connectivity index (χ3v) is 5.95. The Morgan fingerprint density at radius 3 is 2.70 bits per heavy atom. The van der Waals surface area contributed by atoms with Crippen molar-refractivity contribution in [3.8, 4) is 5.75 Å². The van der Waals surface area contributed by atoms with Crippen molar-refractivity contribution in [3.05, 3.63) is 24.3 Å². The number of nitrogens with zero attached hydrogens (tertiary/aromatic N) is 2. The third-order valence-electron chi connectivity index (χ3n) is 5.95. The second-order valence-corrected chi connectivity index (χ2v) is 7.70. The van der Waals surface area contributed by atoms with Crippen LogP contribution in [-0.4, -0.2) is 55.0 Å². The number of halogens is 1. The average molecular weight is 394 g/mol. The Morgan fingerprint density at radius 1 is 1.30 bits per heavy atom. The van der Waals surface area contributed by atoms with Gasteiger partial charge in [-0.25, -0.2) is 0 Å². The fourth-order valence-electron chi connectivity index (χ4n) is 4.46. The molecule has 0 saturated carbocycles. The van der Waals surface area contributed by atoms with Crippen LogP contribution in [0.3, 0.4) is 0 Å². The molecule has 0 aliphatic carbocycles. The number of hydrogen-bond acceptors (Lipinski definition) is 4. The molecule has 3 fully saturated rings. The number of carbonyl (C=O) groups excluding carboxylic acids is 2. The van der Waals surface area contributed by atoms with Crippen molar-refractivity contribution in [3.63, 3.8) is 0 Å². The molecule has 3 aliphatic rings. The standard InChI is InChI=1S/C20H27N3O3.ClH/c1-22(17-10-14-7-8-15(11-17)21-14)20(25)13-26-18-5-2-4-16(12-18)23-9-3-6-19(23)24;/h2,4-5,12,14-15,17,21H,3,6-11,13H2,1H3;1H. The molecule has 0 spiro atoms. The van der Waals surface area contributed by atoms with Crippen LogP contribution in [0.25, 0.3) is 0 Å². The number of fused-ring (bicyclic) bond motifs is 2. The van der Waals surface area contributed by atoms with Gasteiger partial charge in [0.25, 0.3) is 5.91 Å². The van der Waals surface area contributed by atoms with Gasteiger partial charge in [0.05, 0.1) is 0 Å². The molecule has 0 aromatic heterocycles. The molecule has 2 amide bonds. The predicted octanol–water partition coefficient (Wildman–Crippen LogP) is 2.36. The highest BCUT2D eigenvalue weighted by Crippen LogP contribution is 2.29. The maximum absolute atomic E-state index is 12.6. The van der Waals surface area contributed by atoms with Crippen LogP contribution in [0.5, 0.6) is 5.75 Å². The van der Waals surface area contributed by atoms with Gasteiger partial charge < -0.3 is 19.9 Å². The van der Waals surface area contributed by atoms with Crippen LogP contribution in [0.1, 0.15) is 38.5 Å². The van der Waals surface area contributed by atoms with Gasteiger partial charge in [0.15, 0.2) is 6.61 Å². The zero-order chi connectivity index (χ0) is 18.1. The van der Waals surface area contributed by atoms with Gasteiger partial charge in [-0.15, -0.1) is 12.4 Å². The Morgan fingerprint density at radius 2 is 2.04 bits per heavy atom. The van der Waals surface area contributed by atoms with Crippen molar-refractivity contribution in [2.24, 2.45) is 0 Å². The van der Waals surface area contributed by atoms with Crippen LogP contribution in [0.2, 0.25) is 0 Å². The minimum absolute atomic E-state index is 0. The van der Waals surface area contributed by atoms with Gasteiger partial charge in [-0.2, -0.15) is 0 Å². The van der Waals surface area contributed by atoms with E-state index >= 15 is 0 Å². The molecule has 4 rings (SSSR count). The average Bonchev–Trinajstić information content (AvgIpc) is 3.23. The first-order valence-electron chi connectivity index (χ1n) is 9.65. The Kier molecular flexibility index (Phi) is 6.27. The molecule has 7 heteroatoms. The Balaban J connectivity index is 0.00000210. The Bertz CT molecular complexity index is 687. The molecular formula is C20H28ClN3O3. The molecule has 0 radical (unpaired) electrons. The van der Waals surface area contributed by atoms with E-state index in [0.717, 1.165) is 31.5 Å². The van der Waals surface area contributed by atoms with E-state index in [1.54, 1.807) is 4.90 Å². The van der Waals surface area contributed by atoms with Gasteiger partial charge in [0, 0.05) is 49.9 Å². The van der Waals surface area contributed by atoms with E-state index in [1.165, 1.54) is 12.8 Å². The maximum atomic E-state index is 12.6. The van der Waals surface area contributed by atoms with E-state index < -0.39 is 0 Å². The highest BCUT2D eigenvalue weighted by atomic mass is 35.5. The first-order valence-corrected chi connectivity index (χ1v) is 9.65. The number of likely N-dealkylation sites (N-methyl/N-ethyl adjacent to an activating group) is 1. The Hall–Kier alpha value is -1.79. The molecule has 6 nitrogen and oxygen atoms in total. The van der Waals surface area contributed by atoms with Crippen LogP contribution in [-0.2, 0) is 9.59 Å². The first-order chi connectivity index (χ1) is 12.6. The SMILES string of the molecule is CN(C(=O)COc1cccc(N2CCCC2=O)c1)C1CC2CCC(C1)N2.Cl. The number of anilines is 1. The molecule has 3 aliphatic heterocycles. The van der Waals surface area contributed by atoms with Gasteiger partial charge in [-0.05, 0) is 44.2 Å². The van der Waals surface area contributed by atoms with Crippen molar-refractivity contribution >= 4 is 29.9 Å². The van der Waals surface area contributed by atoms with Gasteiger partial charge >= 0.3 is 0 Å². The second-order valence-electron chi connectivity index (χ2n) is 7.70. The molecule has 3 heterocycles. The normalized spacial score (nSPS) is 26.6. The molecule has 2 unspecified atom stereocenters. The fraction of sp³-hybridized carbons (Fsp3) is 0.600. The number of piperidine rings is 1. The maximum Gasteiger partial charge on any atom is 0.260 e. The summed E-state index contributed by atoms with van der Waals surface area (Å²) in [7, 11) is 1.89. The zero-order valence-corrected chi connectivity index (χ0v) is 16.5. The smallest absolute Gasteiger partial charge is 0.260 e. The molecule has 1 N–H and O–H groups in total. The lowest BCUT2D eigenvalue weighted by Gasteiger charge is -2.35. The number of nitrogens with one attached hydrogen (secondary N) is 1. The lowest BCUT2D eigenvalue weighted by atomic mass is 9.98. The minimum Gasteiger partial charge on any atom is -0.484 e. The largest absolute Gasteiger partial charge is 0.484 e. The summed E-state index contributed by atoms with van der Waals surface area (Å²) in [6.07, 6.45) is 6.01. The Labute approximate surface area is 166 Å². The third kappa shape index (κ3) is 4.38. The van der Waals surface area contributed by atoms with Crippen molar-refractivity contribution in [1.82, 2.24) is 10.2 Å². The van der Waals surface area contributed by atoms with Gasteiger partial charge in [0.2, 0.25) is 5.91 Å². The van der Waals surface area contributed by atoms with E-state index in [-0.39, 0.29) is 30.8 Å². The topological polar surface area (TPSA) is 61.9 Å². The van der Waals surface area contributed by atoms with E-state index in [2.05, 4.69) is 5.32 Å². The highest BCUT2D eigenvalue weighted by Gasteiger charge is 2.36. The quantitative estimate of drug-likeness (QED) is 0.834. The number of carbonyl (C=O) groups is 2. The van der Waals surface area contributed by atoms with Crippen LogP contribution in [0, 0.1) is 0 Å².